The molecule has 2 N–H and O–H groups in total. The van der Waals surface area contributed by atoms with E-state index in [4.69, 9.17) is 0 Å². The van der Waals surface area contributed by atoms with Crippen LogP contribution in [0.15, 0.2) is 12.4 Å². The normalized spacial score (nSPS) is 15.4. The fourth-order valence-corrected chi connectivity index (χ4v) is 1.22. The third kappa shape index (κ3) is 1.84. The van der Waals surface area contributed by atoms with Gasteiger partial charge in [0.25, 0.3) is 0 Å². The van der Waals surface area contributed by atoms with Gasteiger partial charge in [-0.2, -0.15) is 0 Å². The first kappa shape index (κ1) is 10.1. The second-order valence-corrected chi connectivity index (χ2v) is 3.23. The van der Waals surface area contributed by atoms with E-state index in [9.17, 15) is 5.11 Å². The Hall–Kier alpha value is -1.00. The molecule has 0 aromatic carbocycles. The van der Waals surface area contributed by atoms with Crippen LogP contribution in [-0.2, 0) is 5.54 Å². The molecule has 1 rings (SSSR count). The average molecular weight is 181 g/mol. The highest BCUT2D eigenvalue weighted by Gasteiger charge is 2.27. The molecule has 1 unspecified atom stereocenters. The van der Waals surface area contributed by atoms with Crippen molar-refractivity contribution in [1.82, 2.24) is 15.3 Å². The molecule has 0 amide bonds. The van der Waals surface area contributed by atoms with Gasteiger partial charge in [0.15, 0.2) is 0 Å². The summed E-state index contributed by atoms with van der Waals surface area (Å²) >= 11 is 0. The maximum Gasteiger partial charge on any atom is 0.0837 e. The molecule has 0 radical (unpaired) electrons. The van der Waals surface area contributed by atoms with Crippen molar-refractivity contribution in [2.75, 3.05) is 13.7 Å². The maximum absolute atomic E-state index is 9.23. The van der Waals surface area contributed by atoms with Gasteiger partial charge in [-0.25, -0.2) is 0 Å². The summed E-state index contributed by atoms with van der Waals surface area (Å²) in [6.45, 7) is 3.78. The summed E-state index contributed by atoms with van der Waals surface area (Å²) in [6.07, 6.45) is 3.28. The second kappa shape index (κ2) is 3.81. The number of likely N-dealkylation sites (N-methyl/N-ethyl adjacent to an activating group) is 1. The number of hydrogen-bond acceptors (Lipinski definition) is 4. The Labute approximate surface area is 78.0 Å². The predicted molar refractivity (Wildman–Crippen MR) is 50.3 cm³/mol. The van der Waals surface area contributed by atoms with Gasteiger partial charge in [-0.3, -0.25) is 9.97 Å². The van der Waals surface area contributed by atoms with Crippen LogP contribution in [0, 0.1) is 6.92 Å². The van der Waals surface area contributed by atoms with Crippen LogP contribution < -0.4 is 5.32 Å². The van der Waals surface area contributed by atoms with Crippen LogP contribution in [0.1, 0.15) is 18.3 Å². The lowest BCUT2D eigenvalue weighted by atomic mass is 9.97. The Kier molecular flexibility index (Phi) is 2.95. The van der Waals surface area contributed by atoms with Crippen molar-refractivity contribution in [2.24, 2.45) is 0 Å². The largest absolute Gasteiger partial charge is 0.394 e. The first-order valence-corrected chi connectivity index (χ1v) is 4.22. The molecule has 1 aromatic heterocycles. The van der Waals surface area contributed by atoms with Crippen molar-refractivity contribution < 1.29 is 5.11 Å². The average Bonchev–Trinajstić information content (AvgIpc) is 2.17. The Morgan fingerprint density at radius 2 is 2.08 bits per heavy atom. The van der Waals surface area contributed by atoms with Crippen molar-refractivity contribution in [2.45, 2.75) is 19.4 Å². The second-order valence-electron chi connectivity index (χ2n) is 3.23. The molecule has 0 spiro atoms. The van der Waals surface area contributed by atoms with Crippen molar-refractivity contribution in [1.29, 1.82) is 0 Å². The van der Waals surface area contributed by atoms with Crippen LogP contribution in [0.2, 0.25) is 0 Å². The number of nitrogens with one attached hydrogen (secondary N) is 1. The van der Waals surface area contributed by atoms with Gasteiger partial charge in [-0.05, 0) is 20.9 Å². The molecule has 72 valence electrons. The molecule has 0 saturated heterocycles. The van der Waals surface area contributed by atoms with E-state index in [0.29, 0.717) is 0 Å². The molecule has 0 aliphatic carbocycles. The minimum atomic E-state index is -0.502. The highest BCUT2D eigenvalue weighted by molar-refractivity contribution is 5.18. The molecular formula is C9H15N3O. The van der Waals surface area contributed by atoms with E-state index in [2.05, 4.69) is 15.3 Å². The molecule has 4 nitrogen and oxygen atoms in total. The van der Waals surface area contributed by atoms with E-state index in [-0.39, 0.29) is 6.61 Å². The van der Waals surface area contributed by atoms with Crippen LogP contribution >= 0.6 is 0 Å². The predicted octanol–water partition coefficient (Wildman–Crippen LogP) is 0.212. The van der Waals surface area contributed by atoms with Gasteiger partial charge in [0, 0.05) is 12.4 Å². The number of hydrogen-bond donors (Lipinski definition) is 2. The molecule has 0 bridgehead atoms. The monoisotopic (exact) mass is 181 g/mol. The Morgan fingerprint density at radius 3 is 2.54 bits per heavy atom. The molecular weight excluding hydrogens is 166 g/mol. The highest BCUT2D eigenvalue weighted by Crippen LogP contribution is 2.18. The number of rotatable bonds is 3. The lowest BCUT2D eigenvalue weighted by Crippen LogP contribution is -2.42. The van der Waals surface area contributed by atoms with Gasteiger partial charge in [-0.1, -0.05) is 0 Å². The minimum Gasteiger partial charge on any atom is -0.394 e. The number of nitrogens with zero attached hydrogens (tertiary/aromatic N) is 2. The van der Waals surface area contributed by atoms with E-state index >= 15 is 0 Å². The molecule has 1 atom stereocenters. The van der Waals surface area contributed by atoms with Crippen molar-refractivity contribution >= 4 is 0 Å². The van der Waals surface area contributed by atoms with Gasteiger partial charge in [0.05, 0.1) is 23.5 Å². The molecule has 0 saturated carbocycles. The van der Waals surface area contributed by atoms with Gasteiger partial charge in [0.2, 0.25) is 0 Å². The number of aliphatic hydroxyl groups is 1. The molecule has 13 heavy (non-hydrogen) atoms. The first-order valence-electron chi connectivity index (χ1n) is 4.22. The van der Waals surface area contributed by atoms with Gasteiger partial charge in [0.1, 0.15) is 0 Å². The van der Waals surface area contributed by atoms with E-state index < -0.39 is 5.54 Å². The van der Waals surface area contributed by atoms with Crippen molar-refractivity contribution in [3.8, 4) is 0 Å². The van der Waals surface area contributed by atoms with Crippen LogP contribution in [0.5, 0.6) is 0 Å². The lowest BCUT2D eigenvalue weighted by molar-refractivity contribution is 0.179. The van der Waals surface area contributed by atoms with Gasteiger partial charge in [-0.15, -0.1) is 0 Å². The smallest absolute Gasteiger partial charge is 0.0837 e. The Bertz CT molecular complexity index is 284. The van der Waals surface area contributed by atoms with Crippen molar-refractivity contribution in [3.05, 3.63) is 23.8 Å². The molecule has 0 aliphatic rings. The van der Waals surface area contributed by atoms with Crippen LogP contribution in [-0.4, -0.2) is 28.7 Å². The van der Waals surface area contributed by atoms with E-state index in [0.717, 1.165) is 11.4 Å². The zero-order valence-electron chi connectivity index (χ0n) is 8.20. The third-order valence-electron chi connectivity index (χ3n) is 2.27. The zero-order chi connectivity index (χ0) is 9.90. The van der Waals surface area contributed by atoms with Crippen molar-refractivity contribution in [3.63, 3.8) is 0 Å². The molecule has 1 heterocycles. The topological polar surface area (TPSA) is 58.0 Å². The number of aliphatic hydroxyl groups excluding tert-OH is 1. The van der Waals surface area contributed by atoms with Crippen LogP contribution in [0.25, 0.3) is 0 Å². The molecule has 0 aliphatic heterocycles. The summed E-state index contributed by atoms with van der Waals surface area (Å²) in [5, 5.41) is 12.3. The minimum absolute atomic E-state index is 0.00301. The number of aromatic nitrogens is 2. The SMILES string of the molecule is CNC(C)(CO)c1nccnc1C. The van der Waals surface area contributed by atoms with Gasteiger partial charge >= 0.3 is 0 Å². The summed E-state index contributed by atoms with van der Waals surface area (Å²) in [7, 11) is 1.80. The summed E-state index contributed by atoms with van der Waals surface area (Å²) in [5.74, 6) is 0. The lowest BCUT2D eigenvalue weighted by Gasteiger charge is -2.26. The van der Waals surface area contributed by atoms with E-state index in [1.165, 1.54) is 0 Å². The third-order valence-corrected chi connectivity index (χ3v) is 2.27. The molecule has 0 fully saturated rings. The fourth-order valence-electron chi connectivity index (χ4n) is 1.22. The summed E-state index contributed by atoms with van der Waals surface area (Å²) < 4.78 is 0. The summed E-state index contributed by atoms with van der Waals surface area (Å²) in [5.41, 5.74) is 1.13. The van der Waals surface area contributed by atoms with Crippen LogP contribution in [0.4, 0.5) is 0 Å². The summed E-state index contributed by atoms with van der Waals surface area (Å²) in [4.78, 5) is 8.33. The van der Waals surface area contributed by atoms with Gasteiger partial charge < -0.3 is 10.4 Å². The first-order chi connectivity index (χ1) is 6.14. The van der Waals surface area contributed by atoms with E-state index in [1.807, 2.05) is 13.8 Å². The van der Waals surface area contributed by atoms with Crippen LogP contribution in [0.3, 0.4) is 0 Å². The zero-order valence-corrected chi connectivity index (χ0v) is 8.20. The quantitative estimate of drug-likeness (QED) is 0.700. The number of aryl methyl sites for hydroxylation is 1. The highest BCUT2D eigenvalue weighted by atomic mass is 16.3. The maximum atomic E-state index is 9.23. The summed E-state index contributed by atoms with van der Waals surface area (Å²) in [6, 6.07) is 0. The standard InChI is InChI=1S/C9H15N3O/c1-7-8(12-5-4-11-7)9(2,6-13)10-3/h4-5,10,13H,6H2,1-3H3. The fraction of sp³-hybridized carbons (Fsp3) is 0.556. The Morgan fingerprint density at radius 1 is 1.46 bits per heavy atom. The molecule has 4 heteroatoms. The van der Waals surface area contributed by atoms with E-state index in [1.54, 1.807) is 19.4 Å². The Balaban J connectivity index is 3.12. The molecule has 1 aromatic rings.